The van der Waals surface area contributed by atoms with Crippen LogP contribution in [0, 0.1) is 5.92 Å². The molecule has 4 nitrogen and oxygen atoms in total. The molecule has 1 amide bonds. The third kappa shape index (κ3) is 5.52. The second-order valence-electron chi connectivity index (χ2n) is 4.20. The molecule has 86 valence electrons. The summed E-state index contributed by atoms with van der Waals surface area (Å²) in [5, 5.41) is 6.17. The van der Waals surface area contributed by atoms with Crippen molar-refractivity contribution in [3.05, 3.63) is 0 Å². The number of carbonyl (C=O) groups is 2. The minimum absolute atomic E-state index is 0.00346. The van der Waals surface area contributed by atoms with Crippen LogP contribution in [0.5, 0.6) is 0 Å². The largest absolute Gasteiger partial charge is 0.356 e. The topological polar surface area (TPSA) is 58.2 Å². The molecule has 0 aromatic carbocycles. The van der Waals surface area contributed by atoms with Crippen LogP contribution in [-0.2, 0) is 9.59 Å². The third-order valence-electron chi connectivity index (χ3n) is 2.75. The number of rotatable bonds is 5. The molecule has 0 saturated carbocycles. The highest BCUT2D eigenvalue weighted by molar-refractivity contribution is 5.83. The van der Waals surface area contributed by atoms with Crippen molar-refractivity contribution in [3.63, 3.8) is 0 Å². The molecule has 0 spiro atoms. The quantitative estimate of drug-likeness (QED) is 0.696. The maximum absolute atomic E-state index is 11.3. The van der Waals surface area contributed by atoms with E-state index in [0.29, 0.717) is 18.8 Å². The van der Waals surface area contributed by atoms with E-state index in [1.807, 2.05) is 0 Å². The van der Waals surface area contributed by atoms with Crippen molar-refractivity contribution in [2.45, 2.75) is 32.6 Å². The first-order chi connectivity index (χ1) is 7.18. The van der Waals surface area contributed by atoms with Crippen LogP contribution in [0.25, 0.3) is 0 Å². The van der Waals surface area contributed by atoms with Crippen LogP contribution >= 0.6 is 0 Å². The van der Waals surface area contributed by atoms with Crippen molar-refractivity contribution in [3.8, 4) is 0 Å². The monoisotopic (exact) mass is 212 g/mol. The molecule has 1 fully saturated rings. The summed E-state index contributed by atoms with van der Waals surface area (Å²) in [5.74, 6) is 0.684. The molecule has 2 N–H and O–H groups in total. The Hall–Kier alpha value is -0.900. The molecule has 0 aromatic heterocycles. The highest BCUT2D eigenvalue weighted by atomic mass is 16.2. The molecule has 15 heavy (non-hydrogen) atoms. The minimum atomic E-state index is 0.00346. The lowest BCUT2D eigenvalue weighted by atomic mass is 9.98. The highest BCUT2D eigenvalue weighted by Gasteiger charge is 2.13. The molecule has 1 heterocycles. The normalized spacial score (nSPS) is 17.4. The summed E-state index contributed by atoms with van der Waals surface area (Å²) in [6.07, 6.45) is 2.96. The van der Waals surface area contributed by atoms with Gasteiger partial charge >= 0.3 is 0 Å². The molecule has 0 bridgehead atoms. The minimum Gasteiger partial charge on any atom is -0.356 e. The zero-order valence-electron chi connectivity index (χ0n) is 9.34. The zero-order valence-corrected chi connectivity index (χ0v) is 9.34. The fraction of sp³-hybridized carbons (Fsp3) is 0.818. The number of nitrogens with one attached hydrogen (secondary N) is 2. The van der Waals surface area contributed by atoms with Gasteiger partial charge < -0.3 is 15.4 Å². The maximum Gasteiger partial charge on any atom is 0.220 e. The predicted octanol–water partition coefficient (Wildman–Crippen LogP) is 0.471. The van der Waals surface area contributed by atoms with E-state index in [2.05, 4.69) is 10.6 Å². The van der Waals surface area contributed by atoms with Gasteiger partial charge in [-0.15, -0.1) is 0 Å². The van der Waals surface area contributed by atoms with E-state index in [-0.39, 0.29) is 11.7 Å². The van der Waals surface area contributed by atoms with Crippen LogP contribution in [0.3, 0.4) is 0 Å². The molecule has 1 rings (SSSR count). The van der Waals surface area contributed by atoms with Gasteiger partial charge in [-0.2, -0.15) is 0 Å². The zero-order chi connectivity index (χ0) is 11.1. The Labute approximate surface area is 90.8 Å². The maximum atomic E-state index is 11.3. The molecule has 0 aliphatic carbocycles. The number of piperidine rings is 1. The lowest BCUT2D eigenvalue weighted by Gasteiger charge is -2.22. The molecule has 1 saturated heterocycles. The lowest BCUT2D eigenvalue weighted by molar-refractivity contribution is -0.124. The van der Waals surface area contributed by atoms with Gasteiger partial charge in [-0.1, -0.05) is 0 Å². The molecule has 0 atom stereocenters. The van der Waals surface area contributed by atoms with Gasteiger partial charge in [0, 0.05) is 19.4 Å². The molecule has 4 heteroatoms. The second-order valence-corrected chi connectivity index (χ2v) is 4.20. The van der Waals surface area contributed by atoms with Gasteiger partial charge in [0.2, 0.25) is 5.91 Å². The van der Waals surface area contributed by atoms with E-state index >= 15 is 0 Å². The van der Waals surface area contributed by atoms with Gasteiger partial charge in [0.1, 0.15) is 5.78 Å². The fourth-order valence-corrected chi connectivity index (χ4v) is 1.72. The Morgan fingerprint density at radius 3 is 2.53 bits per heavy atom. The number of carbonyl (C=O) groups excluding carboxylic acids is 2. The van der Waals surface area contributed by atoms with Gasteiger partial charge in [0.25, 0.3) is 0 Å². The Kier molecular flexibility index (Phi) is 5.32. The molecular weight excluding hydrogens is 192 g/mol. The molecular formula is C11H20N2O2. The van der Waals surface area contributed by atoms with Crippen molar-refractivity contribution in [1.82, 2.24) is 10.6 Å². The van der Waals surface area contributed by atoms with Crippen LogP contribution in [0.1, 0.15) is 32.6 Å². The summed E-state index contributed by atoms with van der Waals surface area (Å²) in [4.78, 5) is 22.0. The van der Waals surface area contributed by atoms with Crippen LogP contribution in [0.15, 0.2) is 0 Å². The Morgan fingerprint density at radius 1 is 1.27 bits per heavy atom. The summed E-state index contributed by atoms with van der Waals surface area (Å²) in [6.45, 7) is 4.38. The van der Waals surface area contributed by atoms with E-state index in [9.17, 15) is 9.59 Å². The average Bonchev–Trinajstić information content (AvgIpc) is 2.25. The number of ketones is 1. The molecule has 0 radical (unpaired) electrons. The van der Waals surface area contributed by atoms with Crippen molar-refractivity contribution in [2.24, 2.45) is 5.92 Å². The number of hydrogen-bond acceptors (Lipinski definition) is 3. The highest BCUT2D eigenvalue weighted by Crippen LogP contribution is 2.09. The van der Waals surface area contributed by atoms with Gasteiger partial charge in [0.15, 0.2) is 0 Å². The smallest absolute Gasteiger partial charge is 0.220 e. The molecule has 0 aromatic rings. The number of amides is 1. The van der Waals surface area contributed by atoms with Crippen molar-refractivity contribution in [2.75, 3.05) is 19.6 Å². The first kappa shape index (κ1) is 12.2. The summed E-state index contributed by atoms with van der Waals surface area (Å²) in [7, 11) is 0. The lowest BCUT2D eigenvalue weighted by Crippen LogP contribution is -2.36. The SMILES string of the molecule is CC(=O)CCC(=O)NCC1CCNCC1. The Bertz CT molecular complexity index is 223. The molecule has 0 unspecified atom stereocenters. The summed E-state index contributed by atoms with van der Waals surface area (Å²) in [5.41, 5.74) is 0. The van der Waals surface area contributed by atoms with E-state index < -0.39 is 0 Å². The van der Waals surface area contributed by atoms with Crippen LogP contribution in [0.4, 0.5) is 0 Å². The first-order valence-corrected chi connectivity index (χ1v) is 5.65. The van der Waals surface area contributed by atoms with Gasteiger partial charge in [0.05, 0.1) is 0 Å². The fourth-order valence-electron chi connectivity index (χ4n) is 1.72. The summed E-state index contributed by atoms with van der Waals surface area (Å²) >= 11 is 0. The Balaban J connectivity index is 2.07. The molecule has 1 aliphatic rings. The van der Waals surface area contributed by atoms with E-state index in [0.717, 1.165) is 32.5 Å². The van der Waals surface area contributed by atoms with Crippen LogP contribution < -0.4 is 10.6 Å². The van der Waals surface area contributed by atoms with Gasteiger partial charge in [-0.05, 0) is 38.8 Å². The number of hydrogen-bond donors (Lipinski definition) is 2. The van der Waals surface area contributed by atoms with E-state index in [1.165, 1.54) is 6.92 Å². The van der Waals surface area contributed by atoms with Crippen molar-refractivity contribution >= 4 is 11.7 Å². The molecule has 1 aliphatic heterocycles. The summed E-state index contributed by atoms with van der Waals surface area (Å²) < 4.78 is 0. The average molecular weight is 212 g/mol. The summed E-state index contributed by atoms with van der Waals surface area (Å²) in [6, 6.07) is 0. The predicted molar refractivity (Wildman–Crippen MR) is 58.5 cm³/mol. The second kappa shape index (κ2) is 6.56. The van der Waals surface area contributed by atoms with Crippen LogP contribution in [0.2, 0.25) is 0 Å². The van der Waals surface area contributed by atoms with E-state index in [4.69, 9.17) is 0 Å². The Morgan fingerprint density at radius 2 is 1.93 bits per heavy atom. The van der Waals surface area contributed by atoms with Crippen molar-refractivity contribution < 1.29 is 9.59 Å². The van der Waals surface area contributed by atoms with Crippen molar-refractivity contribution in [1.29, 1.82) is 0 Å². The van der Waals surface area contributed by atoms with Gasteiger partial charge in [-0.3, -0.25) is 4.79 Å². The van der Waals surface area contributed by atoms with Crippen LogP contribution in [-0.4, -0.2) is 31.3 Å². The first-order valence-electron chi connectivity index (χ1n) is 5.65. The standard InChI is InChI=1S/C11H20N2O2/c1-9(14)2-3-11(15)13-8-10-4-6-12-7-5-10/h10,12H,2-8H2,1H3,(H,13,15). The van der Waals surface area contributed by atoms with E-state index in [1.54, 1.807) is 0 Å². The number of Topliss-reactive ketones (excluding diaryl/α,β-unsaturated/α-hetero) is 1. The van der Waals surface area contributed by atoms with Gasteiger partial charge in [-0.25, -0.2) is 0 Å². The third-order valence-corrected chi connectivity index (χ3v) is 2.75.